The zero-order valence-corrected chi connectivity index (χ0v) is 9.48. The Balaban J connectivity index is 3.22. The first-order valence-electron chi connectivity index (χ1n) is 4.72. The summed E-state index contributed by atoms with van der Waals surface area (Å²) >= 11 is 0. The van der Waals surface area contributed by atoms with E-state index in [2.05, 4.69) is 0 Å². The van der Waals surface area contributed by atoms with Crippen LogP contribution in [0.3, 0.4) is 0 Å². The van der Waals surface area contributed by atoms with Crippen molar-refractivity contribution in [1.82, 2.24) is 0 Å². The average Bonchev–Trinajstić information content (AvgIpc) is 2.25. The van der Waals surface area contributed by atoms with Crippen LogP contribution < -0.4 is 9.47 Å². The summed E-state index contributed by atoms with van der Waals surface area (Å²) < 4.78 is 10.3. The number of benzene rings is 1. The van der Waals surface area contributed by atoms with Crippen LogP contribution in [0.1, 0.15) is 11.1 Å². The van der Waals surface area contributed by atoms with E-state index in [9.17, 15) is 4.79 Å². The number of hydrogen-bond acceptors (Lipinski definition) is 3. The van der Waals surface area contributed by atoms with Crippen molar-refractivity contribution in [2.75, 3.05) is 14.2 Å². The minimum atomic E-state index is -0.998. The minimum Gasteiger partial charge on any atom is -0.497 e. The molecule has 0 bridgehead atoms. The number of aryl methyl sites for hydroxylation is 1. The number of methoxy groups -OCH3 is 2. The highest BCUT2D eigenvalue weighted by molar-refractivity contribution is 5.86. The molecule has 4 heteroatoms. The Morgan fingerprint density at radius 3 is 2.50 bits per heavy atom. The van der Waals surface area contributed by atoms with Gasteiger partial charge < -0.3 is 14.6 Å². The molecular formula is C12H14O4. The summed E-state index contributed by atoms with van der Waals surface area (Å²) in [6.45, 7) is 1.87. The van der Waals surface area contributed by atoms with Gasteiger partial charge in [0.15, 0.2) is 0 Å². The Kier molecular flexibility index (Phi) is 3.94. The molecule has 0 amide bonds. The number of carboxylic acid groups (broad SMARTS) is 1. The normalized spacial score (nSPS) is 10.4. The molecule has 0 spiro atoms. The molecule has 16 heavy (non-hydrogen) atoms. The van der Waals surface area contributed by atoms with Crippen LogP contribution in [0.15, 0.2) is 18.2 Å². The summed E-state index contributed by atoms with van der Waals surface area (Å²) in [5, 5.41) is 8.58. The fourth-order valence-corrected chi connectivity index (χ4v) is 1.45. The summed E-state index contributed by atoms with van der Waals surface area (Å²) in [6, 6.07) is 3.56. The predicted octanol–water partition coefficient (Wildman–Crippen LogP) is 2.11. The van der Waals surface area contributed by atoms with Gasteiger partial charge in [0.2, 0.25) is 0 Å². The van der Waals surface area contributed by atoms with Crippen LogP contribution in [0.2, 0.25) is 0 Å². The summed E-state index contributed by atoms with van der Waals surface area (Å²) in [6.07, 6.45) is 2.55. The highest BCUT2D eigenvalue weighted by Gasteiger charge is 2.07. The molecule has 86 valence electrons. The monoisotopic (exact) mass is 222 g/mol. The lowest BCUT2D eigenvalue weighted by Gasteiger charge is -2.10. The highest BCUT2D eigenvalue weighted by atomic mass is 16.5. The molecule has 1 N–H and O–H groups in total. The lowest BCUT2D eigenvalue weighted by molar-refractivity contribution is -0.131. The number of carboxylic acids is 1. The second-order valence-electron chi connectivity index (χ2n) is 3.24. The molecule has 0 heterocycles. The van der Waals surface area contributed by atoms with Gasteiger partial charge in [-0.2, -0.15) is 0 Å². The molecule has 4 nitrogen and oxygen atoms in total. The second kappa shape index (κ2) is 5.21. The first kappa shape index (κ1) is 12.1. The molecule has 0 aliphatic carbocycles. The van der Waals surface area contributed by atoms with Crippen LogP contribution in [-0.2, 0) is 4.79 Å². The summed E-state index contributed by atoms with van der Waals surface area (Å²) in [5.74, 6) is 0.323. The zero-order chi connectivity index (χ0) is 12.1. The Hall–Kier alpha value is -1.97. The average molecular weight is 222 g/mol. The van der Waals surface area contributed by atoms with Gasteiger partial charge in [-0.05, 0) is 30.7 Å². The van der Waals surface area contributed by atoms with E-state index in [-0.39, 0.29) is 0 Å². The minimum absolute atomic E-state index is 0.651. The SMILES string of the molecule is COc1cc(C)c(OC)c(C=CC(=O)O)c1. The molecule has 0 aliphatic heterocycles. The molecule has 0 radical (unpaired) electrons. The molecular weight excluding hydrogens is 208 g/mol. The van der Waals surface area contributed by atoms with E-state index < -0.39 is 5.97 Å². The van der Waals surface area contributed by atoms with Crippen molar-refractivity contribution in [3.05, 3.63) is 29.3 Å². The van der Waals surface area contributed by atoms with Crippen molar-refractivity contribution in [1.29, 1.82) is 0 Å². The van der Waals surface area contributed by atoms with E-state index in [1.807, 2.05) is 13.0 Å². The number of carbonyl (C=O) groups is 1. The molecule has 1 aromatic carbocycles. The van der Waals surface area contributed by atoms with E-state index in [0.717, 1.165) is 11.6 Å². The smallest absolute Gasteiger partial charge is 0.328 e. The van der Waals surface area contributed by atoms with Gasteiger partial charge in [0, 0.05) is 11.6 Å². The Morgan fingerprint density at radius 2 is 2.00 bits per heavy atom. The third-order valence-electron chi connectivity index (χ3n) is 2.12. The van der Waals surface area contributed by atoms with E-state index in [0.29, 0.717) is 17.1 Å². The van der Waals surface area contributed by atoms with E-state index in [1.54, 1.807) is 20.3 Å². The van der Waals surface area contributed by atoms with Crippen molar-refractivity contribution >= 4 is 12.0 Å². The van der Waals surface area contributed by atoms with Crippen LogP contribution in [0.4, 0.5) is 0 Å². The van der Waals surface area contributed by atoms with Crippen molar-refractivity contribution in [3.8, 4) is 11.5 Å². The predicted molar refractivity (Wildman–Crippen MR) is 61.0 cm³/mol. The largest absolute Gasteiger partial charge is 0.497 e. The quantitative estimate of drug-likeness (QED) is 0.793. The molecule has 0 aliphatic rings. The van der Waals surface area contributed by atoms with Gasteiger partial charge in [-0.1, -0.05) is 0 Å². The Bertz CT molecular complexity index is 421. The first-order valence-corrected chi connectivity index (χ1v) is 4.72. The highest BCUT2D eigenvalue weighted by Crippen LogP contribution is 2.29. The number of aliphatic carboxylic acids is 1. The third kappa shape index (κ3) is 2.76. The lowest BCUT2D eigenvalue weighted by Crippen LogP contribution is -1.94. The maximum atomic E-state index is 10.5. The van der Waals surface area contributed by atoms with Crippen molar-refractivity contribution in [2.24, 2.45) is 0 Å². The fourth-order valence-electron chi connectivity index (χ4n) is 1.45. The van der Waals surface area contributed by atoms with Crippen LogP contribution in [-0.4, -0.2) is 25.3 Å². The standard InChI is InChI=1S/C12H14O4/c1-8-6-10(15-2)7-9(12(8)16-3)4-5-11(13)14/h4-7H,1-3H3,(H,13,14). The molecule has 0 unspecified atom stereocenters. The molecule has 0 saturated carbocycles. The first-order chi connectivity index (χ1) is 7.58. The van der Waals surface area contributed by atoms with Crippen molar-refractivity contribution < 1.29 is 19.4 Å². The van der Waals surface area contributed by atoms with Crippen molar-refractivity contribution in [2.45, 2.75) is 6.92 Å². The van der Waals surface area contributed by atoms with Gasteiger partial charge in [0.05, 0.1) is 14.2 Å². The summed E-state index contributed by atoms with van der Waals surface area (Å²) in [5.41, 5.74) is 1.58. The molecule has 1 aromatic rings. The topological polar surface area (TPSA) is 55.8 Å². The van der Waals surface area contributed by atoms with Gasteiger partial charge in [0.1, 0.15) is 11.5 Å². The van der Waals surface area contributed by atoms with E-state index in [1.165, 1.54) is 6.08 Å². The van der Waals surface area contributed by atoms with Crippen LogP contribution >= 0.6 is 0 Å². The lowest BCUT2D eigenvalue weighted by atomic mass is 10.1. The third-order valence-corrected chi connectivity index (χ3v) is 2.12. The van der Waals surface area contributed by atoms with Gasteiger partial charge in [-0.3, -0.25) is 0 Å². The molecule has 0 saturated heterocycles. The van der Waals surface area contributed by atoms with Gasteiger partial charge >= 0.3 is 5.97 Å². The van der Waals surface area contributed by atoms with Gasteiger partial charge in [0.25, 0.3) is 0 Å². The number of hydrogen-bond donors (Lipinski definition) is 1. The number of ether oxygens (including phenoxy) is 2. The van der Waals surface area contributed by atoms with Crippen LogP contribution in [0.25, 0.3) is 6.08 Å². The van der Waals surface area contributed by atoms with Crippen molar-refractivity contribution in [3.63, 3.8) is 0 Å². The van der Waals surface area contributed by atoms with Gasteiger partial charge in [-0.25, -0.2) is 4.79 Å². The maximum Gasteiger partial charge on any atom is 0.328 e. The molecule has 0 aromatic heterocycles. The Labute approximate surface area is 94.1 Å². The van der Waals surface area contributed by atoms with Gasteiger partial charge in [-0.15, -0.1) is 0 Å². The molecule has 0 fully saturated rings. The summed E-state index contributed by atoms with van der Waals surface area (Å²) in [4.78, 5) is 10.5. The molecule has 1 rings (SSSR count). The number of rotatable bonds is 4. The van der Waals surface area contributed by atoms with E-state index >= 15 is 0 Å². The fraction of sp³-hybridized carbons (Fsp3) is 0.250. The maximum absolute atomic E-state index is 10.5. The Morgan fingerprint density at radius 1 is 1.31 bits per heavy atom. The zero-order valence-electron chi connectivity index (χ0n) is 9.48. The molecule has 0 atom stereocenters. The van der Waals surface area contributed by atoms with Crippen LogP contribution in [0.5, 0.6) is 11.5 Å². The summed E-state index contributed by atoms with van der Waals surface area (Å²) in [7, 11) is 3.11. The van der Waals surface area contributed by atoms with E-state index in [4.69, 9.17) is 14.6 Å². The second-order valence-corrected chi connectivity index (χ2v) is 3.24. The van der Waals surface area contributed by atoms with Crippen LogP contribution in [0, 0.1) is 6.92 Å².